The van der Waals surface area contributed by atoms with Crippen LogP contribution in [0.3, 0.4) is 0 Å². The number of carbonyl (C=O) groups excluding carboxylic acids is 1. The van der Waals surface area contributed by atoms with E-state index in [2.05, 4.69) is 4.99 Å². The van der Waals surface area contributed by atoms with Gasteiger partial charge in [-0.15, -0.1) is 0 Å². The van der Waals surface area contributed by atoms with Gasteiger partial charge in [-0.05, 0) is 38.1 Å². The predicted octanol–water partition coefficient (Wildman–Crippen LogP) is 3.29. The number of allylic oxidation sites excluding steroid dienone is 1. The van der Waals surface area contributed by atoms with Crippen LogP contribution in [0.1, 0.15) is 24.2 Å². The molecule has 0 bridgehead atoms. The normalized spacial score (nSPS) is 12.3. The number of nitrogens with zero attached hydrogens (tertiary/aromatic N) is 2. The van der Waals surface area contributed by atoms with Crippen LogP contribution >= 0.6 is 0 Å². The highest BCUT2D eigenvalue weighted by Gasteiger charge is 2.02. The monoisotopic (exact) mass is 284 g/mol. The molecular weight excluding hydrogens is 267 g/mol. The Labute approximate surface area is 123 Å². The lowest BCUT2D eigenvalue weighted by molar-refractivity contribution is 0.0964. The van der Waals surface area contributed by atoms with E-state index >= 15 is 0 Å². The van der Waals surface area contributed by atoms with Crippen molar-refractivity contribution in [3.63, 3.8) is 0 Å². The lowest BCUT2D eigenvalue weighted by atomic mass is 10.2. The molecule has 3 nitrogen and oxygen atoms in total. The molecule has 108 valence electrons. The summed E-state index contributed by atoms with van der Waals surface area (Å²) in [5.41, 5.74) is 0.959. The lowest BCUT2D eigenvalue weighted by Gasteiger charge is -2.04. The van der Waals surface area contributed by atoms with Crippen LogP contribution < -0.4 is 5.49 Å². The third kappa shape index (κ3) is 3.99. The molecule has 0 spiro atoms. The molecule has 0 amide bonds. The Kier molecular flexibility index (Phi) is 4.82. The molecule has 21 heavy (non-hydrogen) atoms. The molecule has 0 aliphatic carbocycles. The van der Waals surface area contributed by atoms with Crippen LogP contribution in [-0.4, -0.2) is 16.5 Å². The van der Waals surface area contributed by atoms with Crippen molar-refractivity contribution in [2.75, 3.05) is 0 Å². The van der Waals surface area contributed by atoms with Gasteiger partial charge >= 0.3 is 0 Å². The van der Waals surface area contributed by atoms with E-state index in [4.69, 9.17) is 0 Å². The standard InChI is InChI=1S/C17H17FN2O/c1-13(2)19-16-9-5-6-12-20(16)17(21)11-10-14-7-3-4-8-15(14)18/h3-13H,1-2H3/b11-10+,19-16?. The maximum atomic E-state index is 13.5. The average Bonchev–Trinajstić information content (AvgIpc) is 2.46. The summed E-state index contributed by atoms with van der Waals surface area (Å²) in [6.07, 6.45) is 4.46. The van der Waals surface area contributed by atoms with Crippen LogP contribution in [0.2, 0.25) is 0 Å². The Morgan fingerprint density at radius 2 is 1.90 bits per heavy atom. The summed E-state index contributed by atoms with van der Waals surface area (Å²) in [4.78, 5) is 16.6. The van der Waals surface area contributed by atoms with E-state index in [9.17, 15) is 9.18 Å². The lowest BCUT2D eigenvalue weighted by Crippen LogP contribution is -2.26. The van der Waals surface area contributed by atoms with Crippen LogP contribution in [0.15, 0.2) is 59.7 Å². The van der Waals surface area contributed by atoms with E-state index in [1.807, 2.05) is 19.9 Å². The SMILES string of the molecule is CC(C)N=c1ccccn1C(=O)/C=C/c1ccccc1F. The van der Waals surface area contributed by atoms with Crippen molar-refractivity contribution >= 4 is 12.0 Å². The minimum absolute atomic E-state index is 0.0852. The Morgan fingerprint density at radius 3 is 2.62 bits per heavy atom. The van der Waals surface area contributed by atoms with Crippen molar-refractivity contribution < 1.29 is 9.18 Å². The van der Waals surface area contributed by atoms with Crippen LogP contribution in [0.4, 0.5) is 4.39 Å². The fraction of sp³-hybridized carbons (Fsp3) is 0.176. The van der Waals surface area contributed by atoms with Gasteiger partial charge in [-0.25, -0.2) is 4.39 Å². The second kappa shape index (κ2) is 6.79. The van der Waals surface area contributed by atoms with Crippen molar-refractivity contribution in [1.82, 2.24) is 4.57 Å². The molecule has 4 heteroatoms. The van der Waals surface area contributed by atoms with Gasteiger partial charge in [-0.2, -0.15) is 0 Å². The fourth-order valence-electron chi connectivity index (χ4n) is 1.84. The smallest absolute Gasteiger partial charge is 0.256 e. The second-order valence-electron chi connectivity index (χ2n) is 4.84. The zero-order chi connectivity index (χ0) is 15.2. The minimum atomic E-state index is -0.355. The molecule has 0 aliphatic heterocycles. The quantitative estimate of drug-likeness (QED) is 0.796. The first-order valence-corrected chi connectivity index (χ1v) is 6.76. The van der Waals surface area contributed by atoms with Crippen molar-refractivity contribution in [1.29, 1.82) is 0 Å². The molecule has 0 radical (unpaired) electrons. The van der Waals surface area contributed by atoms with E-state index in [1.165, 1.54) is 22.8 Å². The Hall–Kier alpha value is -2.49. The number of rotatable bonds is 3. The molecule has 1 aromatic carbocycles. The average molecular weight is 284 g/mol. The molecule has 2 rings (SSSR count). The van der Waals surface area contributed by atoms with Gasteiger partial charge < -0.3 is 0 Å². The van der Waals surface area contributed by atoms with Gasteiger partial charge in [-0.1, -0.05) is 24.3 Å². The fourth-order valence-corrected chi connectivity index (χ4v) is 1.84. The summed E-state index contributed by atoms with van der Waals surface area (Å²) >= 11 is 0. The first-order valence-electron chi connectivity index (χ1n) is 6.76. The highest BCUT2D eigenvalue weighted by atomic mass is 19.1. The van der Waals surface area contributed by atoms with Gasteiger partial charge in [0.05, 0.1) is 0 Å². The molecule has 0 aliphatic rings. The topological polar surface area (TPSA) is 34.4 Å². The van der Waals surface area contributed by atoms with Crippen molar-refractivity contribution in [2.24, 2.45) is 4.99 Å². The van der Waals surface area contributed by atoms with Crippen LogP contribution in [-0.2, 0) is 0 Å². The molecule has 0 saturated heterocycles. The summed E-state index contributed by atoms with van der Waals surface area (Å²) < 4.78 is 14.9. The van der Waals surface area contributed by atoms with Crippen LogP contribution in [0, 0.1) is 5.82 Å². The molecule has 1 heterocycles. The van der Waals surface area contributed by atoms with E-state index in [-0.39, 0.29) is 17.8 Å². The van der Waals surface area contributed by atoms with Crippen molar-refractivity contribution in [3.05, 3.63) is 71.6 Å². The first-order chi connectivity index (χ1) is 10.1. The number of aromatic nitrogens is 1. The zero-order valence-corrected chi connectivity index (χ0v) is 12.0. The first kappa shape index (κ1) is 14.9. The van der Waals surface area contributed by atoms with Gasteiger partial charge in [0.2, 0.25) is 0 Å². The van der Waals surface area contributed by atoms with E-state index < -0.39 is 0 Å². The van der Waals surface area contributed by atoms with E-state index in [1.54, 1.807) is 36.5 Å². The summed E-state index contributed by atoms with van der Waals surface area (Å²) in [6.45, 7) is 3.88. The second-order valence-corrected chi connectivity index (χ2v) is 4.84. The summed E-state index contributed by atoms with van der Waals surface area (Å²) in [5.74, 6) is -0.620. The molecule has 1 aromatic heterocycles. The Bertz CT molecular complexity index is 729. The maximum Gasteiger partial charge on any atom is 0.256 e. The number of hydrogen-bond acceptors (Lipinski definition) is 2. The van der Waals surface area contributed by atoms with Gasteiger partial charge in [0, 0.05) is 23.9 Å². The number of halogens is 1. The molecule has 0 N–H and O–H groups in total. The molecule has 0 fully saturated rings. The number of hydrogen-bond donors (Lipinski definition) is 0. The van der Waals surface area contributed by atoms with Gasteiger partial charge in [-0.3, -0.25) is 14.4 Å². The summed E-state index contributed by atoms with van der Waals surface area (Å²) in [5, 5.41) is 0. The molecule has 0 atom stereocenters. The number of pyridine rings is 1. The van der Waals surface area contributed by atoms with E-state index in [0.29, 0.717) is 11.1 Å². The predicted molar refractivity (Wildman–Crippen MR) is 81.2 cm³/mol. The largest absolute Gasteiger partial charge is 0.269 e. The molecule has 0 unspecified atom stereocenters. The van der Waals surface area contributed by atoms with Gasteiger partial charge in [0.1, 0.15) is 11.3 Å². The summed E-state index contributed by atoms with van der Waals surface area (Å²) in [6, 6.07) is 11.8. The molecule has 0 saturated carbocycles. The number of benzene rings is 1. The maximum absolute atomic E-state index is 13.5. The van der Waals surface area contributed by atoms with E-state index in [0.717, 1.165) is 0 Å². The Balaban J connectivity index is 2.32. The highest BCUT2D eigenvalue weighted by molar-refractivity contribution is 5.93. The number of carbonyl (C=O) groups is 1. The third-order valence-electron chi connectivity index (χ3n) is 2.78. The Morgan fingerprint density at radius 1 is 1.19 bits per heavy atom. The van der Waals surface area contributed by atoms with Gasteiger partial charge in [0.25, 0.3) is 5.91 Å². The minimum Gasteiger partial charge on any atom is -0.269 e. The summed E-state index contributed by atoms with van der Waals surface area (Å²) in [7, 11) is 0. The van der Waals surface area contributed by atoms with Crippen LogP contribution in [0.25, 0.3) is 6.08 Å². The third-order valence-corrected chi connectivity index (χ3v) is 2.78. The zero-order valence-electron chi connectivity index (χ0n) is 12.0. The van der Waals surface area contributed by atoms with Crippen molar-refractivity contribution in [2.45, 2.75) is 19.9 Å². The van der Waals surface area contributed by atoms with Crippen LogP contribution in [0.5, 0.6) is 0 Å². The van der Waals surface area contributed by atoms with Gasteiger partial charge in [0.15, 0.2) is 0 Å². The van der Waals surface area contributed by atoms with Crippen molar-refractivity contribution in [3.8, 4) is 0 Å². The highest BCUT2D eigenvalue weighted by Crippen LogP contribution is 2.08. The molecule has 2 aromatic rings. The molecular formula is C17H17FN2O.